The number of aryl methyl sites for hydroxylation is 2. The third-order valence-corrected chi connectivity index (χ3v) is 4.62. The van der Waals surface area contributed by atoms with Gasteiger partial charge in [-0.15, -0.1) is 15.3 Å². The lowest BCUT2D eigenvalue weighted by atomic mass is 10.1. The molecule has 0 aromatic carbocycles. The van der Waals surface area contributed by atoms with Gasteiger partial charge in [-0.05, 0) is 20.3 Å². The van der Waals surface area contributed by atoms with E-state index in [1.807, 2.05) is 17.8 Å². The van der Waals surface area contributed by atoms with Crippen LogP contribution in [0.1, 0.15) is 30.8 Å². The third-order valence-electron chi connectivity index (χ3n) is 3.67. The lowest BCUT2D eigenvalue weighted by molar-refractivity contribution is 0.193. The third kappa shape index (κ3) is 3.26. The van der Waals surface area contributed by atoms with E-state index in [-0.39, 0.29) is 0 Å². The van der Waals surface area contributed by atoms with E-state index in [9.17, 15) is 0 Å². The molecule has 1 aliphatic heterocycles. The van der Waals surface area contributed by atoms with Crippen molar-refractivity contribution in [2.45, 2.75) is 44.4 Å². The predicted molar refractivity (Wildman–Crippen MR) is 79.4 cm³/mol. The molecule has 114 valence electrons. The fraction of sp³-hybridized carbons (Fsp3) is 0.692. The normalized spacial score (nSPS) is 18.5. The van der Waals surface area contributed by atoms with E-state index in [1.54, 1.807) is 11.8 Å². The minimum atomic E-state index is 0.414. The van der Waals surface area contributed by atoms with Crippen LogP contribution in [0, 0.1) is 6.92 Å². The van der Waals surface area contributed by atoms with Gasteiger partial charge in [0.15, 0.2) is 5.16 Å². The van der Waals surface area contributed by atoms with Crippen LogP contribution in [-0.2, 0) is 17.8 Å². The van der Waals surface area contributed by atoms with E-state index < -0.39 is 0 Å². The van der Waals surface area contributed by atoms with E-state index in [2.05, 4.69) is 32.0 Å². The maximum absolute atomic E-state index is 5.39. The first-order chi connectivity index (χ1) is 10.3. The molecule has 0 aliphatic carbocycles. The van der Waals surface area contributed by atoms with E-state index >= 15 is 0 Å². The van der Waals surface area contributed by atoms with Crippen molar-refractivity contribution >= 4 is 11.8 Å². The van der Waals surface area contributed by atoms with Gasteiger partial charge in [-0.2, -0.15) is 0 Å². The molecule has 0 bridgehead atoms. The highest BCUT2D eigenvalue weighted by atomic mass is 32.2. The van der Waals surface area contributed by atoms with Crippen LogP contribution in [0.25, 0.3) is 0 Å². The molecule has 3 heterocycles. The highest BCUT2D eigenvalue weighted by Gasteiger charge is 2.20. The van der Waals surface area contributed by atoms with Crippen molar-refractivity contribution < 1.29 is 4.74 Å². The van der Waals surface area contributed by atoms with Crippen molar-refractivity contribution in [2.75, 3.05) is 19.0 Å². The summed E-state index contributed by atoms with van der Waals surface area (Å²) in [5.41, 5.74) is 1.05. The van der Waals surface area contributed by atoms with Crippen molar-refractivity contribution in [3.05, 3.63) is 17.7 Å². The molecule has 1 aliphatic rings. The van der Waals surface area contributed by atoms with Crippen LogP contribution >= 0.6 is 11.8 Å². The molecule has 2 aromatic rings. The quantitative estimate of drug-likeness (QED) is 0.753. The molecule has 1 saturated heterocycles. The SMILES string of the molecule is CCn1c(C)nnc1SCCn1cc([C@H]2CCOC2)nn1. The Kier molecular flexibility index (Phi) is 4.54. The van der Waals surface area contributed by atoms with Gasteiger partial charge in [0.2, 0.25) is 0 Å². The van der Waals surface area contributed by atoms with Gasteiger partial charge in [0, 0.05) is 31.0 Å². The number of hydrogen-bond acceptors (Lipinski definition) is 6. The molecule has 3 rings (SSSR count). The smallest absolute Gasteiger partial charge is 0.191 e. The summed E-state index contributed by atoms with van der Waals surface area (Å²) < 4.78 is 9.41. The molecular formula is C13H20N6OS. The monoisotopic (exact) mass is 308 g/mol. The van der Waals surface area contributed by atoms with Crippen molar-refractivity contribution in [1.29, 1.82) is 0 Å². The highest BCUT2D eigenvalue weighted by Crippen LogP contribution is 2.23. The van der Waals surface area contributed by atoms with Crippen LogP contribution < -0.4 is 0 Å². The number of aromatic nitrogens is 6. The summed E-state index contributed by atoms with van der Waals surface area (Å²) in [4.78, 5) is 0. The summed E-state index contributed by atoms with van der Waals surface area (Å²) >= 11 is 1.70. The maximum Gasteiger partial charge on any atom is 0.191 e. The first-order valence-electron chi connectivity index (χ1n) is 7.28. The highest BCUT2D eigenvalue weighted by molar-refractivity contribution is 7.99. The Hall–Kier alpha value is -1.41. The van der Waals surface area contributed by atoms with Gasteiger partial charge in [-0.25, -0.2) is 0 Å². The van der Waals surface area contributed by atoms with Crippen LogP contribution in [0.15, 0.2) is 11.4 Å². The fourth-order valence-electron chi connectivity index (χ4n) is 2.44. The number of nitrogens with zero attached hydrogens (tertiary/aromatic N) is 6. The molecule has 1 atom stereocenters. The maximum atomic E-state index is 5.39. The standard InChI is InChI=1S/C13H20N6OS/c1-3-19-10(2)14-16-13(19)21-7-5-18-8-12(15-17-18)11-4-6-20-9-11/h8,11H,3-7,9H2,1-2H3/t11-/m0/s1. The molecule has 0 radical (unpaired) electrons. The van der Waals surface area contributed by atoms with Gasteiger partial charge < -0.3 is 9.30 Å². The average molecular weight is 308 g/mol. The molecule has 0 unspecified atom stereocenters. The van der Waals surface area contributed by atoms with E-state index in [4.69, 9.17) is 4.74 Å². The Morgan fingerprint density at radius 1 is 1.38 bits per heavy atom. The summed E-state index contributed by atoms with van der Waals surface area (Å²) in [6, 6.07) is 0. The minimum absolute atomic E-state index is 0.414. The minimum Gasteiger partial charge on any atom is -0.381 e. The number of hydrogen-bond donors (Lipinski definition) is 0. The summed E-state index contributed by atoms with van der Waals surface area (Å²) in [5, 5.41) is 17.7. The number of ether oxygens (including phenoxy) is 1. The Balaban J connectivity index is 1.53. The van der Waals surface area contributed by atoms with Crippen LogP contribution in [0.4, 0.5) is 0 Å². The summed E-state index contributed by atoms with van der Waals surface area (Å²) in [6.45, 7) is 7.41. The molecule has 0 spiro atoms. The van der Waals surface area contributed by atoms with Crippen LogP contribution in [0.2, 0.25) is 0 Å². The topological polar surface area (TPSA) is 70.7 Å². The Morgan fingerprint density at radius 2 is 2.29 bits per heavy atom. The summed E-state index contributed by atoms with van der Waals surface area (Å²) in [6.07, 6.45) is 3.09. The fourth-order valence-corrected chi connectivity index (χ4v) is 3.42. The largest absolute Gasteiger partial charge is 0.381 e. The number of rotatable bonds is 6. The lowest BCUT2D eigenvalue weighted by Crippen LogP contribution is -2.04. The second-order valence-corrected chi connectivity index (χ2v) is 6.15. The zero-order valence-electron chi connectivity index (χ0n) is 12.4. The second-order valence-electron chi connectivity index (χ2n) is 5.09. The van der Waals surface area contributed by atoms with E-state index in [0.29, 0.717) is 5.92 Å². The van der Waals surface area contributed by atoms with Crippen molar-refractivity contribution in [3.63, 3.8) is 0 Å². The van der Waals surface area contributed by atoms with Gasteiger partial charge >= 0.3 is 0 Å². The van der Waals surface area contributed by atoms with Gasteiger partial charge in [0.05, 0.1) is 18.8 Å². The van der Waals surface area contributed by atoms with Gasteiger partial charge in [0.25, 0.3) is 0 Å². The summed E-state index contributed by atoms with van der Waals surface area (Å²) in [7, 11) is 0. The van der Waals surface area contributed by atoms with Crippen LogP contribution in [0.3, 0.4) is 0 Å². The first-order valence-corrected chi connectivity index (χ1v) is 8.27. The Labute approximate surface area is 128 Å². The molecule has 7 nitrogen and oxygen atoms in total. The molecule has 8 heteroatoms. The molecule has 0 N–H and O–H groups in total. The zero-order valence-corrected chi connectivity index (χ0v) is 13.2. The van der Waals surface area contributed by atoms with Gasteiger partial charge in [-0.1, -0.05) is 17.0 Å². The molecular weight excluding hydrogens is 288 g/mol. The predicted octanol–water partition coefficient (Wildman–Crippen LogP) is 1.49. The summed E-state index contributed by atoms with van der Waals surface area (Å²) in [5.74, 6) is 2.28. The Morgan fingerprint density at radius 3 is 3.05 bits per heavy atom. The second kappa shape index (κ2) is 6.57. The molecule has 1 fully saturated rings. The van der Waals surface area contributed by atoms with Crippen LogP contribution in [-0.4, -0.2) is 48.7 Å². The van der Waals surface area contributed by atoms with E-state index in [0.717, 1.165) is 55.2 Å². The van der Waals surface area contributed by atoms with Crippen molar-refractivity contribution in [2.24, 2.45) is 0 Å². The van der Waals surface area contributed by atoms with Crippen molar-refractivity contribution in [3.8, 4) is 0 Å². The molecule has 2 aromatic heterocycles. The Bertz CT molecular complexity index is 589. The van der Waals surface area contributed by atoms with Crippen molar-refractivity contribution in [1.82, 2.24) is 29.8 Å². The first kappa shape index (κ1) is 14.5. The molecule has 21 heavy (non-hydrogen) atoms. The lowest BCUT2D eigenvalue weighted by Gasteiger charge is -2.04. The van der Waals surface area contributed by atoms with Crippen LogP contribution in [0.5, 0.6) is 0 Å². The zero-order chi connectivity index (χ0) is 14.7. The van der Waals surface area contributed by atoms with Gasteiger partial charge in [-0.3, -0.25) is 4.68 Å². The molecule has 0 amide bonds. The van der Waals surface area contributed by atoms with Gasteiger partial charge in [0.1, 0.15) is 5.82 Å². The number of thioether (sulfide) groups is 1. The van der Waals surface area contributed by atoms with E-state index in [1.165, 1.54) is 0 Å². The molecule has 0 saturated carbocycles. The average Bonchev–Trinajstić information content (AvgIpc) is 3.19.